The summed E-state index contributed by atoms with van der Waals surface area (Å²) >= 11 is 7.43. The Hall–Kier alpha value is -0.580. The summed E-state index contributed by atoms with van der Waals surface area (Å²) in [5.74, 6) is 0.106. The molecule has 16 heavy (non-hydrogen) atoms. The van der Waals surface area contributed by atoms with Crippen LogP contribution in [0.2, 0.25) is 4.34 Å². The Morgan fingerprint density at radius 1 is 1.44 bits per heavy atom. The van der Waals surface area contributed by atoms with Gasteiger partial charge in [-0.15, -0.1) is 11.3 Å². The average Bonchev–Trinajstić information content (AvgIpc) is 2.64. The van der Waals surface area contributed by atoms with Gasteiger partial charge in [0.1, 0.15) is 0 Å². The zero-order valence-electron chi connectivity index (χ0n) is 9.38. The number of hydrogen-bond acceptors (Lipinski definition) is 3. The molecule has 1 aromatic heterocycles. The third-order valence-corrected chi connectivity index (χ3v) is 3.37. The fourth-order valence-corrected chi connectivity index (χ4v) is 2.40. The molecule has 0 radical (unpaired) electrons. The van der Waals surface area contributed by atoms with E-state index in [1.807, 2.05) is 19.1 Å². The highest BCUT2D eigenvalue weighted by molar-refractivity contribution is 7.16. The van der Waals surface area contributed by atoms with Crippen LogP contribution in [0.15, 0.2) is 12.1 Å². The van der Waals surface area contributed by atoms with E-state index in [9.17, 15) is 4.79 Å². The molecule has 0 aromatic carbocycles. The van der Waals surface area contributed by atoms with Gasteiger partial charge in [-0.05, 0) is 32.0 Å². The van der Waals surface area contributed by atoms with E-state index in [-0.39, 0.29) is 5.91 Å². The van der Waals surface area contributed by atoms with E-state index < -0.39 is 0 Å². The minimum Gasteiger partial charge on any atom is -0.356 e. The van der Waals surface area contributed by atoms with Gasteiger partial charge in [0.15, 0.2) is 0 Å². The highest BCUT2D eigenvalue weighted by Gasteiger charge is 1.99. The van der Waals surface area contributed by atoms with E-state index in [2.05, 4.69) is 10.6 Å². The molecule has 0 bridgehead atoms. The van der Waals surface area contributed by atoms with Crippen molar-refractivity contribution in [3.05, 3.63) is 21.3 Å². The number of rotatable bonds is 7. The molecule has 0 fully saturated rings. The number of amides is 1. The van der Waals surface area contributed by atoms with Crippen LogP contribution in [0.25, 0.3) is 0 Å². The number of hydrogen-bond donors (Lipinski definition) is 2. The fourth-order valence-electron chi connectivity index (χ4n) is 1.31. The van der Waals surface area contributed by atoms with Crippen LogP contribution in [0.3, 0.4) is 0 Å². The summed E-state index contributed by atoms with van der Waals surface area (Å²) < 4.78 is 0.831. The lowest BCUT2D eigenvalue weighted by Gasteiger charge is -2.03. The maximum Gasteiger partial charge on any atom is 0.221 e. The van der Waals surface area contributed by atoms with Crippen molar-refractivity contribution in [3.63, 3.8) is 0 Å². The van der Waals surface area contributed by atoms with Crippen molar-refractivity contribution in [2.45, 2.75) is 19.8 Å². The highest BCUT2D eigenvalue weighted by atomic mass is 35.5. The number of nitrogens with one attached hydrogen (secondary N) is 2. The maximum absolute atomic E-state index is 11.1. The molecule has 0 saturated carbocycles. The fraction of sp³-hybridized carbons (Fsp3) is 0.545. The van der Waals surface area contributed by atoms with E-state index in [0.29, 0.717) is 13.0 Å². The third kappa shape index (κ3) is 5.49. The molecule has 1 amide bonds. The maximum atomic E-state index is 11.1. The van der Waals surface area contributed by atoms with Crippen molar-refractivity contribution in [1.29, 1.82) is 0 Å². The molecule has 0 aliphatic carbocycles. The molecule has 0 unspecified atom stereocenters. The van der Waals surface area contributed by atoms with Crippen LogP contribution >= 0.6 is 22.9 Å². The minimum absolute atomic E-state index is 0.106. The predicted molar refractivity (Wildman–Crippen MR) is 69.2 cm³/mol. The molecule has 0 atom stereocenters. The van der Waals surface area contributed by atoms with Crippen molar-refractivity contribution in [3.8, 4) is 0 Å². The molecule has 1 heterocycles. The summed E-state index contributed by atoms with van der Waals surface area (Å²) in [6.07, 6.45) is 1.51. The summed E-state index contributed by atoms with van der Waals surface area (Å²) in [6.45, 7) is 4.24. The van der Waals surface area contributed by atoms with Gasteiger partial charge in [-0.1, -0.05) is 11.6 Å². The lowest BCUT2D eigenvalue weighted by Crippen LogP contribution is -2.28. The van der Waals surface area contributed by atoms with Crippen LogP contribution in [-0.4, -0.2) is 25.5 Å². The van der Waals surface area contributed by atoms with Gasteiger partial charge in [-0.3, -0.25) is 4.79 Å². The average molecular weight is 261 g/mol. The van der Waals surface area contributed by atoms with Crippen molar-refractivity contribution in [2.24, 2.45) is 0 Å². The minimum atomic E-state index is 0.106. The topological polar surface area (TPSA) is 41.1 Å². The molecule has 0 aliphatic heterocycles. The van der Waals surface area contributed by atoms with Crippen molar-refractivity contribution >= 4 is 28.8 Å². The Balaban J connectivity index is 2.02. The van der Waals surface area contributed by atoms with Gasteiger partial charge in [0.2, 0.25) is 5.91 Å². The summed E-state index contributed by atoms with van der Waals surface area (Å²) in [5, 5.41) is 6.00. The molecule has 0 aliphatic rings. The zero-order chi connectivity index (χ0) is 11.8. The number of thiophene rings is 1. The van der Waals surface area contributed by atoms with E-state index >= 15 is 0 Å². The van der Waals surface area contributed by atoms with Crippen molar-refractivity contribution in [1.82, 2.24) is 10.6 Å². The Morgan fingerprint density at radius 2 is 2.25 bits per heavy atom. The Bertz CT molecular complexity index is 328. The van der Waals surface area contributed by atoms with E-state index in [1.165, 1.54) is 4.88 Å². The van der Waals surface area contributed by atoms with Crippen LogP contribution in [0.1, 0.15) is 18.2 Å². The second-order valence-electron chi connectivity index (χ2n) is 3.41. The number of carbonyl (C=O) groups is 1. The van der Waals surface area contributed by atoms with Crippen LogP contribution in [0, 0.1) is 0 Å². The summed E-state index contributed by atoms with van der Waals surface area (Å²) in [7, 11) is 0. The summed E-state index contributed by atoms with van der Waals surface area (Å²) in [4.78, 5) is 12.4. The van der Waals surface area contributed by atoms with Crippen molar-refractivity contribution in [2.75, 3.05) is 19.6 Å². The standard InChI is InChI=1S/C11H17ClN2OS/c1-2-14-11(15)6-8-13-7-5-9-3-4-10(12)16-9/h3-4,13H,2,5-8H2,1H3,(H,14,15). The van der Waals surface area contributed by atoms with Gasteiger partial charge in [-0.25, -0.2) is 0 Å². The van der Waals surface area contributed by atoms with Crippen LogP contribution < -0.4 is 10.6 Å². The largest absolute Gasteiger partial charge is 0.356 e. The van der Waals surface area contributed by atoms with Gasteiger partial charge in [-0.2, -0.15) is 0 Å². The normalized spacial score (nSPS) is 10.4. The molecular formula is C11H17ClN2OS. The Kier molecular flexibility index (Phi) is 6.45. The first-order valence-corrected chi connectivity index (χ1v) is 6.63. The lowest BCUT2D eigenvalue weighted by atomic mass is 10.3. The molecule has 1 aromatic rings. The first-order chi connectivity index (χ1) is 7.72. The summed E-state index contributed by atoms with van der Waals surface area (Å²) in [6, 6.07) is 3.95. The Morgan fingerprint density at radius 3 is 2.88 bits per heavy atom. The number of carbonyl (C=O) groups excluding carboxylic acids is 1. The second kappa shape index (κ2) is 7.65. The van der Waals surface area contributed by atoms with Gasteiger partial charge < -0.3 is 10.6 Å². The second-order valence-corrected chi connectivity index (χ2v) is 5.21. The van der Waals surface area contributed by atoms with E-state index in [4.69, 9.17) is 11.6 Å². The number of halogens is 1. The van der Waals surface area contributed by atoms with Crippen molar-refractivity contribution < 1.29 is 4.79 Å². The first kappa shape index (κ1) is 13.5. The van der Waals surface area contributed by atoms with Gasteiger partial charge in [0.25, 0.3) is 0 Å². The molecule has 1 rings (SSSR count). The van der Waals surface area contributed by atoms with Gasteiger partial charge in [0, 0.05) is 24.4 Å². The molecule has 0 spiro atoms. The molecule has 90 valence electrons. The smallest absolute Gasteiger partial charge is 0.221 e. The summed E-state index contributed by atoms with van der Waals surface area (Å²) in [5.41, 5.74) is 0. The van der Waals surface area contributed by atoms with E-state index in [0.717, 1.165) is 23.8 Å². The molecule has 0 saturated heterocycles. The monoisotopic (exact) mass is 260 g/mol. The highest BCUT2D eigenvalue weighted by Crippen LogP contribution is 2.21. The SMILES string of the molecule is CCNC(=O)CCNCCc1ccc(Cl)s1. The van der Waals surface area contributed by atoms with Gasteiger partial charge in [0.05, 0.1) is 4.34 Å². The molecule has 5 heteroatoms. The molecule has 3 nitrogen and oxygen atoms in total. The quantitative estimate of drug-likeness (QED) is 0.737. The zero-order valence-corrected chi connectivity index (χ0v) is 11.0. The Labute approximate surface area is 105 Å². The first-order valence-electron chi connectivity index (χ1n) is 5.44. The predicted octanol–water partition coefficient (Wildman–Crippen LogP) is 2.06. The lowest BCUT2D eigenvalue weighted by molar-refractivity contribution is -0.120. The van der Waals surface area contributed by atoms with Gasteiger partial charge >= 0.3 is 0 Å². The van der Waals surface area contributed by atoms with E-state index in [1.54, 1.807) is 11.3 Å². The van der Waals surface area contributed by atoms with Crippen LogP contribution in [0.5, 0.6) is 0 Å². The van der Waals surface area contributed by atoms with Crippen LogP contribution in [-0.2, 0) is 11.2 Å². The molecular weight excluding hydrogens is 244 g/mol. The molecule has 2 N–H and O–H groups in total. The third-order valence-electron chi connectivity index (χ3n) is 2.08. The van der Waals surface area contributed by atoms with Crippen LogP contribution in [0.4, 0.5) is 0 Å².